The molecule has 1 aliphatic rings. The third-order valence-corrected chi connectivity index (χ3v) is 6.88. The minimum absolute atomic E-state index is 0.0488. The Morgan fingerprint density at radius 1 is 1.30 bits per heavy atom. The predicted octanol–water partition coefficient (Wildman–Crippen LogP) is 4.70. The van der Waals surface area contributed by atoms with Gasteiger partial charge < -0.3 is 10.4 Å². The zero-order valence-corrected chi connectivity index (χ0v) is 18.5. The molecule has 0 saturated heterocycles. The van der Waals surface area contributed by atoms with Crippen LogP contribution in [0, 0.1) is 5.41 Å². The number of amides is 1. The molecule has 2 heterocycles. The number of aromatic carboxylic acids is 1. The molecule has 0 atom stereocenters. The Morgan fingerprint density at radius 3 is 2.80 bits per heavy atom. The highest BCUT2D eigenvalue weighted by Crippen LogP contribution is 2.44. The summed E-state index contributed by atoms with van der Waals surface area (Å²) in [5.41, 5.74) is 2.87. The fraction of sp³-hybridized carbons (Fsp3) is 0.318. The van der Waals surface area contributed by atoms with Gasteiger partial charge in [0.15, 0.2) is 0 Å². The molecule has 2 aromatic heterocycles. The third-order valence-electron chi connectivity index (χ3n) is 5.51. The first-order valence-electron chi connectivity index (χ1n) is 9.74. The topological polar surface area (TPSA) is 91.3 Å². The number of hydrogen-bond donors (Lipinski definition) is 4. The van der Waals surface area contributed by atoms with Crippen LogP contribution in [0.5, 0.6) is 0 Å². The number of carboxylic acids is 1. The first kappa shape index (κ1) is 20.8. The normalized spacial score (nSPS) is 15.0. The quantitative estimate of drug-likeness (QED) is 0.431. The lowest BCUT2D eigenvalue weighted by atomic mass is 9.76. The number of pyridine rings is 1. The smallest absolute Gasteiger partial charge is 0.339 e. The summed E-state index contributed by atoms with van der Waals surface area (Å²) in [6.07, 6.45) is 2.53. The number of carbonyl (C=O) groups excluding carboxylic acids is 1. The Kier molecular flexibility index (Phi) is 5.57. The molecule has 0 spiro atoms. The summed E-state index contributed by atoms with van der Waals surface area (Å²) >= 11 is 5.43. The average Bonchev–Trinajstić information content (AvgIpc) is 3.03. The number of aryl methyl sites for hydroxylation is 1. The number of benzene rings is 1. The number of carbonyl (C=O) groups is 2. The van der Waals surface area contributed by atoms with E-state index in [2.05, 4.69) is 41.7 Å². The molecule has 8 heteroatoms. The maximum Gasteiger partial charge on any atom is 0.339 e. The van der Waals surface area contributed by atoms with Gasteiger partial charge in [-0.3, -0.25) is 14.5 Å². The van der Waals surface area contributed by atoms with Gasteiger partial charge in [0.25, 0.3) is 5.91 Å². The van der Waals surface area contributed by atoms with E-state index in [-0.39, 0.29) is 16.9 Å². The SMILES string of the molecule is CC1(C)CCc2sc(NC(=O)c3cc4ccccc4nc3CNS)c(C(=O)O)c2C1. The molecular formula is C22H23N3O3S2. The van der Waals surface area contributed by atoms with Crippen LogP contribution in [0.4, 0.5) is 5.00 Å². The Balaban J connectivity index is 1.74. The molecule has 0 aliphatic heterocycles. The van der Waals surface area contributed by atoms with Gasteiger partial charge >= 0.3 is 5.97 Å². The number of aromatic nitrogens is 1. The number of para-hydroxylation sites is 1. The first-order chi connectivity index (χ1) is 14.3. The van der Waals surface area contributed by atoms with E-state index in [1.54, 1.807) is 6.07 Å². The number of nitrogens with one attached hydrogen (secondary N) is 2. The van der Waals surface area contributed by atoms with Crippen LogP contribution in [0.25, 0.3) is 10.9 Å². The van der Waals surface area contributed by atoms with Gasteiger partial charge in [-0.05, 0) is 42.4 Å². The molecule has 4 rings (SSSR count). The van der Waals surface area contributed by atoms with Crippen molar-refractivity contribution in [2.24, 2.45) is 5.41 Å². The molecule has 3 aromatic rings. The molecule has 0 radical (unpaired) electrons. The molecule has 0 unspecified atom stereocenters. The monoisotopic (exact) mass is 441 g/mol. The minimum atomic E-state index is -1.01. The summed E-state index contributed by atoms with van der Waals surface area (Å²) in [6, 6.07) is 9.35. The van der Waals surface area contributed by atoms with Crippen molar-refractivity contribution >= 4 is 51.9 Å². The van der Waals surface area contributed by atoms with Crippen molar-refractivity contribution in [3.8, 4) is 0 Å². The Bertz CT molecular complexity index is 1150. The summed E-state index contributed by atoms with van der Waals surface area (Å²) in [4.78, 5) is 30.9. The van der Waals surface area contributed by atoms with Crippen LogP contribution >= 0.6 is 24.2 Å². The molecular weight excluding hydrogens is 418 g/mol. The zero-order chi connectivity index (χ0) is 21.5. The lowest BCUT2D eigenvalue weighted by Crippen LogP contribution is -2.23. The second kappa shape index (κ2) is 8.02. The zero-order valence-electron chi connectivity index (χ0n) is 16.8. The van der Waals surface area contributed by atoms with Crippen molar-refractivity contribution in [3.05, 3.63) is 57.6 Å². The van der Waals surface area contributed by atoms with Gasteiger partial charge in [0.1, 0.15) is 5.00 Å². The second-order valence-electron chi connectivity index (χ2n) is 8.32. The number of thiol groups is 1. The molecule has 0 fully saturated rings. The van der Waals surface area contributed by atoms with Crippen LogP contribution in [-0.2, 0) is 19.4 Å². The summed E-state index contributed by atoms with van der Waals surface area (Å²) < 4.78 is 2.75. The van der Waals surface area contributed by atoms with E-state index in [9.17, 15) is 14.7 Å². The van der Waals surface area contributed by atoms with Crippen LogP contribution in [0.2, 0.25) is 0 Å². The third kappa shape index (κ3) is 3.95. The minimum Gasteiger partial charge on any atom is -0.478 e. The van der Waals surface area contributed by atoms with E-state index < -0.39 is 5.97 Å². The van der Waals surface area contributed by atoms with Crippen molar-refractivity contribution in [2.75, 3.05) is 5.32 Å². The van der Waals surface area contributed by atoms with Crippen molar-refractivity contribution in [2.45, 2.75) is 39.7 Å². The maximum atomic E-state index is 13.2. The lowest BCUT2D eigenvalue weighted by molar-refractivity contribution is 0.0696. The van der Waals surface area contributed by atoms with E-state index in [0.29, 0.717) is 29.2 Å². The predicted molar refractivity (Wildman–Crippen MR) is 123 cm³/mol. The lowest BCUT2D eigenvalue weighted by Gasteiger charge is -2.29. The van der Waals surface area contributed by atoms with Crippen LogP contribution in [0.1, 0.15) is 57.1 Å². The Labute approximate surface area is 184 Å². The van der Waals surface area contributed by atoms with E-state index in [1.807, 2.05) is 24.3 Å². The van der Waals surface area contributed by atoms with Crippen molar-refractivity contribution in [1.29, 1.82) is 0 Å². The summed E-state index contributed by atoms with van der Waals surface area (Å²) in [6.45, 7) is 4.60. The molecule has 30 heavy (non-hydrogen) atoms. The highest BCUT2D eigenvalue weighted by atomic mass is 32.1. The Hall–Kier alpha value is -2.42. The van der Waals surface area contributed by atoms with Gasteiger partial charge in [-0.15, -0.1) is 11.3 Å². The van der Waals surface area contributed by atoms with Crippen molar-refractivity contribution in [1.82, 2.24) is 9.71 Å². The standard InChI is InChI=1S/C22H23N3O3S2/c1-22(2)8-7-17-14(10-22)18(21(27)28)20(30-17)25-19(26)13-9-12-5-3-4-6-15(12)24-16(13)11-23-29/h3-6,9,23,29H,7-8,10-11H2,1-2H3,(H,25,26)(H,27,28). The maximum absolute atomic E-state index is 13.2. The highest BCUT2D eigenvalue weighted by Gasteiger charge is 2.33. The molecule has 1 aliphatic carbocycles. The molecule has 0 bridgehead atoms. The molecule has 0 saturated carbocycles. The average molecular weight is 442 g/mol. The number of fused-ring (bicyclic) bond motifs is 2. The first-order valence-corrected chi connectivity index (χ1v) is 11.0. The van der Waals surface area contributed by atoms with Crippen LogP contribution < -0.4 is 10.0 Å². The summed E-state index contributed by atoms with van der Waals surface area (Å²) in [5.74, 6) is -1.37. The van der Waals surface area contributed by atoms with Gasteiger partial charge in [0.2, 0.25) is 0 Å². The number of carboxylic acid groups (broad SMARTS) is 1. The number of rotatable bonds is 5. The largest absolute Gasteiger partial charge is 0.478 e. The highest BCUT2D eigenvalue weighted by molar-refractivity contribution is 7.78. The number of thiophene rings is 1. The molecule has 3 N–H and O–H groups in total. The molecule has 1 amide bonds. The molecule has 1 aromatic carbocycles. The van der Waals surface area contributed by atoms with Gasteiger partial charge in [-0.2, -0.15) is 0 Å². The van der Waals surface area contributed by atoms with Crippen LogP contribution in [0.3, 0.4) is 0 Å². The van der Waals surface area contributed by atoms with Crippen LogP contribution in [0.15, 0.2) is 30.3 Å². The van der Waals surface area contributed by atoms with E-state index in [1.165, 1.54) is 11.3 Å². The van der Waals surface area contributed by atoms with Gasteiger partial charge in [-0.1, -0.05) is 44.9 Å². The van der Waals surface area contributed by atoms with E-state index in [0.717, 1.165) is 34.2 Å². The number of anilines is 1. The van der Waals surface area contributed by atoms with Gasteiger partial charge in [-0.25, -0.2) is 4.79 Å². The summed E-state index contributed by atoms with van der Waals surface area (Å²) in [5, 5.41) is 14.0. The Morgan fingerprint density at radius 2 is 2.07 bits per heavy atom. The number of hydrogen-bond acceptors (Lipinski definition) is 6. The number of nitrogens with zero attached hydrogens (tertiary/aromatic N) is 1. The van der Waals surface area contributed by atoms with Crippen LogP contribution in [-0.4, -0.2) is 22.0 Å². The van der Waals surface area contributed by atoms with Gasteiger partial charge in [0.05, 0.1) is 22.3 Å². The van der Waals surface area contributed by atoms with Gasteiger partial charge in [0, 0.05) is 16.8 Å². The van der Waals surface area contributed by atoms with E-state index >= 15 is 0 Å². The molecule has 156 valence electrons. The van der Waals surface area contributed by atoms with Crippen molar-refractivity contribution in [3.63, 3.8) is 0 Å². The van der Waals surface area contributed by atoms with Crippen molar-refractivity contribution < 1.29 is 14.7 Å². The fourth-order valence-corrected chi connectivity index (χ4v) is 5.32. The second-order valence-corrected chi connectivity index (χ2v) is 9.74. The molecule has 6 nitrogen and oxygen atoms in total. The fourth-order valence-electron chi connectivity index (χ4n) is 3.97. The summed E-state index contributed by atoms with van der Waals surface area (Å²) in [7, 11) is 0. The van der Waals surface area contributed by atoms with E-state index in [4.69, 9.17) is 0 Å².